The second-order valence-electron chi connectivity index (χ2n) is 6.05. The fourth-order valence-corrected chi connectivity index (χ4v) is 3.10. The number of para-hydroxylation sites is 3. The van der Waals surface area contributed by atoms with Gasteiger partial charge in [0.1, 0.15) is 12.4 Å². The summed E-state index contributed by atoms with van der Waals surface area (Å²) in [5.74, 6) is -0.555. The summed E-state index contributed by atoms with van der Waals surface area (Å²) in [6.45, 7) is 2.19. The number of carbonyl (C=O) groups excluding carboxylic acids is 1. The van der Waals surface area contributed by atoms with Crippen LogP contribution in [0.1, 0.15) is 16.3 Å². The van der Waals surface area contributed by atoms with Gasteiger partial charge in [-0.05, 0) is 31.2 Å². The average Bonchev–Trinajstić information content (AvgIpc) is 3.11. The molecule has 30 heavy (non-hydrogen) atoms. The highest BCUT2D eigenvalue weighted by Crippen LogP contribution is 2.30. The molecule has 0 aliphatic carbocycles. The second-order valence-corrected chi connectivity index (χ2v) is 7.11. The summed E-state index contributed by atoms with van der Waals surface area (Å²) in [7, 11) is 0. The van der Waals surface area contributed by atoms with Crippen molar-refractivity contribution in [2.24, 2.45) is 0 Å². The Morgan fingerprint density at radius 3 is 2.53 bits per heavy atom. The molecule has 0 saturated heterocycles. The molecule has 0 bridgehead atoms. The first-order valence-electron chi connectivity index (χ1n) is 8.77. The molecule has 0 aliphatic rings. The van der Waals surface area contributed by atoms with E-state index in [-0.39, 0.29) is 12.3 Å². The van der Waals surface area contributed by atoms with E-state index in [1.165, 1.54) is 41.7 Å². The van der Waals surface area contributed by atoms with Crippen LogP contribution in [0.15, 0.2) is 60.0 Å². The van der Waals surface area contributed by atoms with Crippen LogP contribution < -0.4 is 14.8 Å². The summed E-state index contributed by atoms with van der Waals surface area (Å²) in [6.07, 6.45) is -2.13. The summed E-state index contributed by atoms with van der Waals surface area (Å²) < 4.78 is 47.2. The maximum Gasteiger partial charge on any atom is 0.573 e. The summed E-state index contributed by atoms with van der Waals surface area (Å²) >= 11 is 1.52. The Balaban J connectivity index is 1.67. The first-order valence-corrected chi connectivity index (χ1v) is 9.65. The highest BCUT2D eigenvalue weighted by molar-refractivity contribution is 7.09. The largest absolute Gasteiger partial charge is 0.573 e. The van der Waals surface area contributed by atoms with E-state index in [9.17, 15) is 18.0 Å². The number of carbonyl (C=O) groups is 1. The number of rotatable bonds is 7. The van der Waals surface area contributed by atoms with Crippen LogP contribution in [-0.4, -0.2) is 17.3 Å². The van der Waals surface area contributed by atoms with E-state index < -0.39 is 18.0 Å². The van der Waals surface area contributed by atoms with E-state index in [1.54, 1.807) is 24.3 Å². The Morgan fingerprint density at radius 1 is 1.13 bits per heavy atom. The van der Waals surface area contributed by atoms with Gasteiger partial charge in [-0.2, -0.15) is 0 Å². The van der Waals surface area contributed by atoms with Crippen molar-refractivity contribution in [1.29, 1.82) is 0 Å². The lowest BCUT2D eigenvalue weighted by molar-refractivity contribution is -0.274. The standard InChI is InChI=1S/C21H17F3N2O3S/c1-14-25-16(13-30-14)12-28-18-8-4-2-6-15(18)10-11-20(27)26-17-7-3-5-9-19(17)29-21(22,23)24/h2-11,13H,12H2,1H3,(H,26,27)/b11-10+. The molecule has 1 aromatic heterocycles. The third-order valence-corrected chi connectivity index (χ3v) is 4.57. The molecule has 0 atom stereocenters. The van der Waals surface area contributed by atoms with Gasteiger partial charge in [0, 0.05) is 17.0 Å². The van der Waals surface area contributed by atoms with Gasteiger partial charge < -0.3 is 14.8 Å². The fraction of sp³-hybridized carbons (Fsp3) is 0.143. The molecule has 0 fully saturated rings. The summed E-state index contributed by atoms with van der Waals surface area (Å²) in [5.41, 5.74) is 1.35. The third-order valence-electron chi connectivity index (χ3n) is 3.75. The molecule has 0 radical (unpaired) electrons. The number of benzene rings is 2. The number of amides is 1. The second kappa shape index (κ2) is 9.45. The van der Waals surface area contributed by atoms with Crippen LogP contribution >= 0.6 is 11.3 Å². The zero-order chi connectivity index (χ0) is 21.6. The average molecular weight is 434 g/mol. The topological polar surface area (TPSA) is 60.5 Å². The normalized spacial score (nSPS) is 11.5. The molecule has 0 spiro atoms. The molecule has 1 amide bonds. The van der Waals surface area contributed by atoms with E-state index >= 15 is 0 Å². The molecule has 3 aromatic rings. The van der Waals surface area contributed by atoms with E-state index in [1.807, 2.05) is 12.3 Å². The predicted octanol–water partition coefficient (Wildman–Crippen LogP) is 5.58. The van der Waals surface area contributed by atoms with Crippen LogP contribution in [0.4, 0.5) is 18.9 Å². The highest BCUT2D eigenvalue weighted by atomic mass is 32.1. The monoisotopic (exact) mass is 434 g/mol. The van der Waals surface area contributed by atoms with Gasteiger partial charge in [0.05, 0.1) is 16.4 Å². The summed E-state index contributed by atoms with van der Waals surface area (Å²) in [6, 6.07) is 12.4. The van der Waals surface area contributed by atoms with Crippen LogP contribution in [0.25, 0.3) is 6.08 Å². The van der Waals surface area contributed by atoms with Crippen molar-refractivity contribution in [3.8, 4) is 11.5 Å². The number of halogens is 3. The van der Waals surface area contributed by atoms with Crippen molar-refractivity contribution in [1.82, 2.24) is 4.98 Å². The molecular formula is C21H17F3N2O3S. The first-order chi connectivity index (χ1) is 14.3. The van der Waals surface area contributed by atoms with Crippen molar-refractivity contribution in [2.45, 2.75) is 19.9 Å². The van der Waals surface area contributed by atoms with E-state index in [0.29, 0.717) is 11.3 Å². The van der Waals surface area contributed by atoms with Gasteiger partial charge in [0.15, 0.2) is 5.75 Å². The van der Waals surface area contributed by atoms with Crippen molar-refractivity contribution in [3.63, 3.8) is 0 Å². The minimum absolute atomic E-state index is 0.0899. The molecule has 3 rings (SSSR count). The predicted molar refractivity (Wildman–Crippen MR) is 108 cm³/mol. The minimum Gasteiger partial charge on any atom is -0.487 e. The minimum atomic E-state index is -4.86. The van der Waals surface area contributed by atoms with Crippen molar-refractivity contribution < 1.29 is 27.4 Å². The van der Waals surface area contributed by atoms with Gasteiger partial charge >= 0.3 is 6.36 Å². The molecule has 156 valence electrons. The van der Waals surface area contributed by atoms with Gasteiger partial charge in [0.25, 0.3) is 0 Å². The smallest absolute Gasteiger partial charge is 0.487 e. The summed E-state index contributed by atoms with van der Waals surface area (Å²) in [5, 5.41) is 5.23. The first kappa shape index (κ1) is 21.4. The van der Waals surface area contributed by atoms with Crippen molar-refractivity contribution in [3.05, 3.63) is 76.3 Å². The molecular weight excluding hydrogens is 417 g/mol. The van der Waals surface area contributed by atoms with E-state index in [0.717, 1.165) is 16.8 Å². The SMILES string of the molecule is Cc1nc(COc2ccccc2/C=C/C(=O)Nc2ccccc2OC(F)(F)F)cs1. The molecule has 0 unspecified atom stereocenters. The molecule has 0 saturated carbocycles. The lowest BCUT2D eigenvalue weighted by Gasteiger charge is -2.13. The van der Waals surface area contributed by atoms with Gasteiger partial charge in [0.2, 0.25) is 5.91 Å². The Labute approximate surface area is 174 Å². The number of nitrogens with zero attached hydrogens (tertiary/aromatic N) is 1. The Morgan fingerprint density at radius 2 is 1.83 bits per heavy atom. The van der Waals surface area contributed by atoms with Crippen LogP contribution in [-0.2, 0) is 11.4 Å². The van der Waals surface area contributed by atoms with E-state index in [4.69, 9.17) is 4.74 Å². The Bertz CT molecular complexity index is 1050. The number of hydrogen-bond donors (Lipinski definition) is 1. The summed E-state index contributed by atoms with van der Waals surface area (Å²) in [4.78, 5) is 16.5. The number of anilines is 1. The van der Waals surface area contributed by atoms with Gasteiger partial charge in [-0.15, -0.1) is 24.5 Å². The number of aromatic nitrogens is 1. The number of aryl methyl sites for hydroxylation is 1. The third kappa shape index (κ3) is 6.35. The van der Waals surface area contributed by atoms with Crippen LogP contribution in [0.2, 0.25) is 0 Å². The Hall–Kier alpha value is -3.33. The molecule has 1 heterocycles. The molecule has 0 aliphatic heterocycles. The fourth-order valence-electron chi connectivity index (χ4n) is 2.50. The van der Waals surface area contributed by atoms with Crippen LogP contribution in [0.3, 0.4) is 0 Å². The number of nitrogens with one attached hydrogen (secondary N) is 1. The zero-order valence-corrected chi connectivity index (χ0v) is 16.6. The number of hydrogen-bond acceptors (Lipinski definition) is 5. The number of alkyl halides is 3. The van der Waals surface area contributed by atoms with Crippen LogP contribution in [0.5, 0.6) is 11.5 Å². The molecule has 9 heteroatoms. The van der Waals surface area contributed by atoms with E-state index in [2.05, 4.69) is 15.0 Å². The maximum atomic E-state index is 12.5. The lowest BCUT2D eigenvalue weighted by Crippen LogP contribution is -2.19. The van der Waals surface area contributed by atoms with Gasteiger partial charge in [-0.1, -0.05) is 30.3 Å². The molecule has 5 nitrogen and oxygen atoms in total. The van der Waals surface area contributed by atoms with Crippen LogP contribution in [0, 0.1) is 6.92 Å². The van der Waals surface area contributed by atoms with Crippen molar-refractivity contribution in [2.75, 3.05) is 5.32 Å². The number of thiazole rings is 1. The molecule has 1 N–H and O–H groups in total. The van der Waals surface area contributed by atoms with Gasteiger partial charge in [-0.25, -0.2) is 4.98 Å². The Kier molecular flexibility index (Phi) is 6.73. The quantitative estimate of drug-likeness (QED) is 0.493. The highest BCUT2D eigenvalue weighted by Gasteiger charge is 2.32. The molecule has 2 aromatic carbocycles. The zero-order valence-electron chi connectivity index (χ0n) is 15.8. The van der Waals surface area contributed by atoms with Gasteiger partial charge in [-0.3, -0.25) is 4.79 Å². The number of ether oxygens (including phenoxy) is 2. The maximum absolute atomic E-state index is 12.5. The van der Waals surface area contributed by atoms with Crippen molar-refractivity contribution >= 4 is 29.0 Å². The lowest BCUT2D eigenvalue weighted by atomic mass is 10.2.